The van der Waals surface area contributed by atoms with Crippen LogP contribution >= 0.6 is 0 Å². The van der Waals surface area contributed by atoms with Crippen molar-refractivity contribution in [1.29, 1.82) is 0 Å². The number of carbonyl (C=O) groups excluding carboxylic acids is 1. The van der Waals surface area contributed by atoms with Gasteiger partial charge in [0.25, 0.3) is 0 Å². The van der Waals surface area contributed by atoms with Crippen LogP contribution in [0.1, 0.15) is 49.8 Å². The Morgan fingerprint density at radius 2 is 2.04 bits per heavy atom. The first-order valence-electron chi connectivity index (χ1n) is 9.83. The number of nitrogens with zero attached hydrogens (tertiary/aromatic N) is 4. The van der Waals surface area contributed by atoms with Crippen molar-refractivity contribution in [3.63, 3.8) is 0 Å². The van der Waals surface area contributed by atoms with Crippen LogP contribution in [0.2, 0.25) is 0 Å². The van der Waals surface area contributed by atoms with Crippen molar-refractivity contribution < 1.29 is 4.79 Å². The van der Waals surface area contributed by atoms with Gasteiger partial charge in [-0.15, -0.1) is 10.2 Å². The Morgan fingerprint density at radius 3 is 2.81 bits per heavy atom. The summed E-state index contributed by atoms with van der Waals surface area (Å²) in [5, 5.41) is 11.9. The summed E-state index contributed by atoms with van der Waals surface area (Å²) >= 11 is 0. The molecule has 0 fully saturated rings. The number of aryl methyl sites for hydroxylation is 1. The van der Waals surface area contributed by atoms with Crippen molar-refractivity contribution >= 4 is 11.6 Å². The molecule has 1 unspecified atom stereocenters. The highest BCUT2D eigenvalue weighted by atomic mass is 16.2. The van der Waals surface area contributed by atoms with Gasteiger partial charge >= 0.3 is 6.03 Å². The Hall–Kier alpha value is -2.63. The number of hydrogen-bond acceptors (Lipinski definition) is 3. The lowest BCUT2D eigenvalue weighted by Gasteiger charge is -2.31. The molecular formula is C21H27N5O. The predicted molar refractivity (Wildman–Crippen MR) is 105 cm³/mol. The molecule has 27 heavy (non-hydrogen) atoms. The lowest BCUT2D eigenvalue weighted by Crippen LogP contribution is -2.49. The number of urea groups is 1. The van der Waals surface area contributed by atoms with E-state index < -0.39 is 0 Å². The summed E-state index contributed by atoms with van der Waals surface area (Å²) in [6.45, 7) is 6.45. The molecular weight excluding hydrogens is 338 g/mol. The maximum Gasteiger partial charge on any atom is 0.317 e. The van der Waals surface area contributed by atoms with Gasteiger partial charge in [0.05, 0.1) is 0 Å². The van der Waals surface area contributed by atoms with Crippen molar-refractivity contribution in [1.82, 2.24) is 25.0 Å². The molecule has 0 saturated carbocycles. The molecule has 1 N–H and O–H groups in total. The van der Waals surface area contributed by atoms with E-state index in [0.29, 0.717) is 12.5 Å². The second-order valence-corrected chi connectivity index (χ2v) is 7.73. The van der Waals surface area contributed by atoms with E-state index in [1.807, 2.05) is 23.1 Å². The normalized spacial score (nSPS) is 19.6. The molecule has 0 spiro atoms. The standard InChI is InChI=1S/C21H27N5O/c1-15(2)20-24-23-19-11-10-18(14-26(19)20)22-21(27)25-12-6-9-17(13-25)16-7-4-3-5-8-16/h3-5,7-9,15,18H,6,10-14H2,1-2H3,(H,22,27). The largest absolute Gasteiger partial charge is 0.333 e. The molecule has 2 aliphatic rings. The molecule has 1 aromatic carbocycles. The topological polar surface area (TPSA) is 63.1 Å². The molecule has 1 atom stereocenters. The monoisotopic (exact) mass is 365 g/mol. The lowest BCUT2D eigenvalue weighted by molar-refractivity contribution is 0.195. The Balaban J connectivity index is 1.40. The molecule has 2 aromatic rings. The fraction of sp³-hybridized carbons (Fsp3) is 0.476. The average molecular weight is 365 g/mol. The van der Waals surface area contributed by atoms with E-state index in [2.05, 4.69) is 52.1 Å². The second kappa shape index (κ2) is 7.55. The Bertz CT molecular complexity index is 840. The van der Waals surface area contributed by atoms with Crippen molar-refractivity contribution in [2.75, 3.05) is 13.1 Å². The summed E-state index contributed by atoms with van der Waals surface area (Å²) in [4.78, 5) is 14.8. The highest BCUT2D eigenvalue weighted by Crippen LogP contribution is 2.22. The van der Waals surface area contributed by atoms with Crippen molar-refractivity contribution in [2.45, 2.75) is 51.6 Å². The minimum atomic E-state index is 0.0316. The van der Waals surface area contributed by atoms with Gasteiger partial charge in [-0.3, -0.25) is 0 Å². The third-order valence-electron chi connectivity index (χ3n) is 5.40. The first kappa shape index (κ1) is 17.8. The van der Waals surface area contributed by atoms with E-state index in [1.54, 1.807) is 0 Å². The third kappa shape index (κ3) is 3.75. The summed E-state index contributed by atoms with van der Waals surface area (Å²) in [7, 11) is 0. The van der Waals surface area contributed by atoms with Crippen LogP contribution in [-0.2, 0) is 13.0 Å². The second-order valence-electron chi connectivity index (χ2n) is 7.73. The Labute approximate surface area is 160 Å². The van der Waals surface area contributed by atoms with Crippen LogP contribution < -0.4 is 5.32 Å². The predicted octanol–water partition coefficient (Wildman–Crippen LogP) is 3.22. The molecule has 4 rings (SSSR count). The molecule has 142 valence electrons. The number of hydrogen-bond donors (Lipinski definition) is 1. The summed E-state index contributed by atoms with van der Waals surface area (Å²) in [5.74, 6) is 2.38. The van der Waals surface area contributed by atoms with Crippen LogP contribution in [-0.4, -0.2) is 44.8 Å². The van der Waals surface area contributed by atoms with Gasteiger partial charge in [0.15, 0.2) is 0 Å². The van der Waals surface area contributed by atoms with Gasteiger partial charge in [-0.1, -0.05) is 50.3 Å². The number of fused-ring (bicyclic) bond motifs is 1. The maximum absolute atomic E-state index is 12.9. The fourth-order valence-corrected chi connectivity index (χ4v) is 3.94. The molecule has 0 aliphatic carbocycles. The first-order valence-corrected chi connectivity index (χ1v) is 9.83. The Kier molecular flexibility index (Phi) is 4.97. The quantitative estimate of drug-likeness (QED) is 0.908. The molecule has 6 nitrogen and oxygen atoms in total. The van der Waals surface area contributed by atoms with Crippen LogP contribution in [0, 0.1) is 0 Å². The molecule has 0 radical (unpaired) electrons. The smallest absolute Gasteiger partial charge is 0.317 e. The van der Waals surface area contributed by atoms with E-state index >= 15 is 0 Å². The zero-order valence-corrected chi connectivity index (χ0v) is 16.1. The van der Waals surface area contributed by atoms with E-state index in [4.69, 9.17) is 0 Å². The lowest BCUT2D eigenvalue weighted by atomic mass is 10.0. The molecule has 2 aliphatic heterocycles. The number of nitrogens with one attached hydrogen (secondary N) is 1. The van der Waals surface area contributed by atoms with Crippen molar-refractivity contribution in [3.8, 4) is 0 Å². The van der Waals surface area contributed by atoms with Crippen molar-refractivity contribution in [3.05, 3.63) is 53.6 Å². The number of rotatable bonds is 3. The highest BCUT2D eigenvalue weighted by molar-refractivity contribution is 5.79. The zero-order chi connectivity index (χ0) is 18.8. The minimum Gasteiger partial charge on any atom is -0.333 e. The van der Waals surface area contributed by atoms with Gasteiger partial charge in [-0.2, -0.15) is 0 Å². The van der Waals surface area contributed by atoms with E-state index in [9.17, 15) is 4.79 Å². The highest BCUT2D eigenvalue weighted by Gasteiger charge is 2.27. The molecule has 3 heterocycles. The maximum atomic E-state index is 12.9. The molecule has 0 saturated heterocycles. The van der Waals surface area contributed by atoms with Crippen LogP contribution in [0.15, 0.2) is 36.4 Å². The number of benzene rings is 1. The average Bonchev–Trinajstić information content (AvgIpc) is 3.12. The van der Waals surface area contributed by atoms with Crippen LogP contribution in [0.3, 0.4) is 0 Å². The molecule has 2 amide bonds. The van der Waals surface area contributed by atoms with Gasteiger partial charge in [-0.05, 0) is 24.0 Å². The van der Waals surface area contributed by atoms with Crippen LogP contribution in [0.5, 0.6) is 0 Å². The molecule has 6 heteroatoms. The SMILES string of the molecule is CC(C)c1nnc2n1CC(NC(=O)N1CCC=C(c3ccccc3)C1)CC2. The number of amides is 2. The van der Waals surface area contributed by atoms with Gasteiger partial charge in [0.2, 0.25) is 0 Å². The van der Waals surface area contributed by atoms with Gasteiger partial charge < -0.3 is 14.8 Å². The van der Waals surface area contributed by atoms with Crippen molar-refractivity contribution in [2.24, 2.45) is 0 Å². The van der Waals surface area contributed by atoms with Gasteiger partial charge in [0.1, 0.15) is 11.6 Å². The number of aromatic nitrogens is 3. The molecule has 1 aromatic heterocycles. The van der Waals surface area contributed by atoms with Gasteiger partial charge in [-0.25, -0.2) is 4.79 Å². The molecule has 0 bridgehead atoms. The zero-order valence-electron chi connectivity index (χ0n) is 16.1. The van der Waals surface area contributed by atoms with E-state index in [-0.39, 0.29) is 12.1 Å². The fourth-order valence-electron chi connectivity index (χ4n) is 3.94. The number of carbonyl (C=O) groups is 1. The van der Waals surface area contributed by atoms with Gasteiger partial charge in [0, 0.05) is 38.0 Å². The Morgan fingerprint density at radius 1 is 1.22 bits per heavy atom. The third-order valence-corrected chi connectivity index (χ3v) is 5.40. The summed E-state index contributed by atoms with van der Waals surface area (Å²) in [5.41, 5.74) is 2.42. The first-order chi connectivity index (χ1) is 13.1. The van der Waals surface area contributed by atoms with E-state index in [1.165, 1.54) is 11.1 Å². The van der Waals surface area contributed by atoms with Crippen LogP contribution in [0.25, 0.3) is 5.57 Å². The summed E-state index contributed by atoms with van der Waals surface area (Å²) < 4.78 is 2.19. The summed E-state index contributed by atoms with van der Waals surface area (Å²) in [6, 6.07) is 10.5. The van der Waals surface area contributed by atoms with E-state index in [0.717, 1.165) is 44.0 Å². The minimum absolute atomic E-state index is 0.0316. The van der Waals surface area contributed by atoms with Crippen LogP contribution in [0.4, 0.5) is 4.79 Å². The summed E-state index contributed by atoms with van der Waals surface area (Å²) in [6.07, 6.45) is 4.92.